The third kappa shape index (κ3) is 2.55. The fraction of sp³-hybridized carbons (Fsp3) is 0.444. The van der Waals surface area contributed by atoms with Crippen molar-refractivity contribution in [3.05, 3.63) is 35.9 Å². The number of anilines is 1. The molecule has 3 heterocycles. The molecule has 0 N–H and O–H groups in total. The SMILES string of the molecule is CCc1nccn1CC1CN(c2nc3c(OC)ccc(C)c3s2)C1. The van der Waals surface area contributed by atoms with Crippen LogP contribution in [-0.2, 0) is 13.0 Å². The predicted octanol–water partition coefficient (Wildman–Crippen LogP) is 3.51. The summed E-state index contributed by atoms with van der Waals surface area (Å²) in [5.74, 6) is 2.70. The molecule has 0 radical (unpaired) electrons. The predicted molar refractivity (Wildman–Crippen MR) is 98.2 cm³/mol. The summed E-state index contributed by atoms with van der Waals surface area (Å²) in [5.41, 5.74) is 2.25. The monoisotopic (exact) mass is 342 g/mol. The van der Waals surface area contributed by atoms with E-state index < -0.39 is 0 Å². The molecule has 1 aliphatic heterocycles. The molecule has 3 aromatic rings. The van der Waals surface area contributed by atoms with Gasteiger partial charge in [0, 0.05) is 44.4 Å². The van der Waals surface area contributed by atoms with Crippen LogP contribution in [0.15, 0.2) is 24.5 Å². The quantitative estimate of drug-likeness (QED) is 0.712. The Hall–Kier alpha value is -2.08. The fourth-order valence-electron chi connectivity index (χ4n) is 3.34. The first kappa shape index (κ1) is 15.4. The standard InChI is InChI=1S/C18H22N4OS/c1-4-15-19-7-8-21(15)9-13-10-22(11-13)18-20-16-14(23-3)6-5-12(2)17(16)24-18/h5-8,13H,4,9-11H2,1-3H3. The molecule has 2 aromatic heterocycles. The Morgan fingerprint density at radius 1 is 1.33 bits per heavy atom. The van der Waals surface area contributed by atoms with E-state index in [0.717, 1.165) is 42.5 Å². The number of nitrogens with zero attached hydrogens (tertiary/aromatic N) is 4. The highest BCUT2D eigenvalue weighted by Crippen LogP contribution is 2.38. The van der Waals surface area contributed by atoms with Gasteiger partial charge in [-0.1, -0.05) is 24.3 Å². The van der Waals surface area contributed by atoms with Crippen molar-refractivity contribution in [3.63, 3.8) is 0 Å². The lowest BCUT2D eigenvalue weighted by molar-refractivity contribution is 0.353. The lowest BCUT2D eigenvalue weighted by atomic mass is 10.0. The van der Waals surface area contributed by atoms with Gasteiger partial charge in [-0.2, -0.15) is 0 Å². The summed E-state index contributed by atoms with van der Waals surface area (Å²) in [7, 11) is 1.71. The van der Waals surface area contributed by atoms with Crippen LogP contribution in [0.5, 0.6) is 5.75 Å². The first-order valence-electron chi connectivity index (χ1n) is 8.38. The molecule has 0 atom stereocenters. The van der Waals surface area contributed by atoms with E-state index in [9.17, 15) is 0 Å². The van der Waals surface area contributed by atoms with Gasteiger partial charge in [0.2, 0.25) is 0 Å². The lowest BCUT2D eigenvalue weighted by Crippen LogP contribution is -2.48. The second kappa shape index (κ2) is 6.09. The number of hydrogen-bond donors (Lipinski definition) is 0. The fourth-order valence-corrected chi connectivity index (χ4v) is 4.41. The van der Waals surface area contributed by atoms with E-state index in [0.29, 0.717) is 5.92 Å². The van der Waals surface area contributed by atoms with Crippen molar-refractivity contribution < 1.29 is 4.74 Å². The maximum absolute atomic E-state index is 5.46. The zero-order chi connectivity index (χ0) is 16.7. The number of methoxy groups -OCH3 is 1. The largest absolute Gasteiger partial charge is 0.494 e. The normalized spacial score (nSPS) is 15.0. The first-order valence-corrected chi connectivity index (χ1v) is 9.20. The maximum Gasteiger partial charge on any atom is 0.186 e. The van der Waals surface area contributed by atoms with E-state index in [1.165, 1.54) is 16.1 Å². The molecule has 0 bridgehead atoms. The molecule has 24 heavy (non-hydrogen) atoms. The number of imidazole rings is 1. The molecule has 5 nitrogen and oxygen atoms in total. The molecule has 4 rings (SSSR count). The summed E-state index contributed by atoms with van der Waals surface area (Å²) >= 11 is 1.77. The van der Waals surface area contributed by atoms with Gasteiger partial charge in [0.25, 0.3) is 0 Å². The second-order valence-electron chi connectivity index (χ2n) is 6.38. The van der Waals surface area contributed by atoms with E-state index in [4.69, 9.17) is 9.72 Å². The Morgan fingerprint density at radius 2 is 2.17 bits per heavy atom. The van der Waals surface area contributed by atoms with Crippen LogP contribution in [0, 0.1) is 12.8 Å². The van der Waals surface area contributed by atoms with Crippen LogP contribution in [0.4, 0.5) is 5.13 Å². The van der Waals surface area contributed by atoms with Crippen LogP contribution in [0.3, 0.4) is 0 Å². The maximum atomic E-state index is 5.46. The number of thiazole rings is 1. The second-order valence-corrected chi connectivity index (χ2v) is 7.36. The third-order valence-corrected chi connectivity index (χ3v) is 5.96. The molecule has 0 spiro atoms. The molecule has 1 aliphatic rings. The topological polar surface area (TPSA) is 43.2 Å². The molecule has 1 fully saturated rings. The van der Waals surface area contributed by atoms with Crippen LogP contribution in [0.2, 0.25) is 0 Å². The molecule has 1 saturated heterocycles. The minimum absolute atomic E-state index is 0.666. The molecule has 6 heteroatoms. The lowest BCUT2D eigenvalue weighted by Gasteiger charge is -2.39. The van der Waals surface area contributed by atoms with Gasteiger partial charge in [0.1, 0.15) is 17.1 Å². The van der Waals surface area contributed by atoms with Crippen molar-refractivity contribution in [1.29, 1.82) is 0 Å². The van der Waals surface area contributed by atoms with Crippen molar-refractivity contribution in [2.75, 3.05) is 25.1 Å². The van der Waals surface area contributed by atoms with E-state index in [2.05, 4.69) is 40.6 Å². The summed E-state index contributed by atoms with van der Waals surface area (Å²) in [6.07, 6.45) is 4.98. The Bertz CT molecular complexity index is 863. The van der Waals surface area contributed by atoms with Gasteiger partial charge >= 0.3 is 0 Å². The zero-order valence-electron chi connectivity index (χ0n) is 14.3. The smallest absolute Gasteiger partial charge is 0.186 e. The molecular formula is C18H22N4OS. The van der Waals surface area contributed by atoms with Gasteiger partial charge in [-0.15, -0.1) is 0 Å². The Kier molecular flexibility index (Phi) is 3.92. The van der Waals surface area contributed by atoms with Gasteiger partial charge in [0.05, 0.1) is 11.8 Å². The first-order chi connectivity index (χ1) is 11.7. The molecule has 0 aliphatic carbocycles. The number of fused-ring (bicyclic) bond motifs is 1. The average Bonchev–Trinajstić information content (AvgIpc) is 3.17. The number of benzene rings is 1. The minimum atomic E-state index is 0.666. The number of aryl methyl sites for hydroxylation is 2. The summed E-state index contributed by atoms with van der Waals surface area (Å²) in [6.45, 7) is 7.45. The average molecular weight is 342 g/mol. The van der Waals surface area contributed by atoms with Gasteiger partial charge in [-0.05, 0) is 18.6 Å². The van der Waals surface area contributed by atoms with Crippen LogP contribution in [0.25, 0.3) is 10.2 Å². The van der Waals surface area contributed by atoms with Gasteiger partial charge in [0.15, 0.2) is 5.13 Å². The Labute approximate surface area is 145 Å². The number of ether oxygens (including phenoxy) is 1. The Balaban J connectivity index is 1.49. The third-order valence-electron chi connectivity index (χ3n) is 4.71. The van der Waals surface area contributed by atoms with Gasteiger partial charge in [-0.25, -0.2) is 9.97 Å². The summed E-state index contributed by atoms with van der Waals surface area (Å²) in [6, 6.07) is 4.11. The molecule has 0 unspecified atom stereocenters. The molecule has 126 valence electrons. The minimum Gasteiger partial charge on any atom is -0.494 e. The van der Waals surface area contributed by atoms with E-state index >= 15 is 0 Å². The van der Waals surface area contributed by atoms with Crippen molar-refractivity contribution in [2.45, 2.75) is 26.8 Å². The Morgan fingerprint density at radius 3 is 2.92 bits per heavy atom. The van der Waals surface area contributed by atoms with Crippen LogP contribution in [-0.4, -0.2) is 34.7 Å². The summed E-state index contributed by atoms with van der Waals surface area (Å²) < 4.78 is 8.98. The van der Waals surface area contributed by atoms with Crippen molar-refractivity contribution in [3.8, 4) is 5.75 Å². The van der Waals surface area contributed by atoms with Crippen LogP contribution >= 0.6 is 11.3 Å². The number of aromatic nitrogens is 3. The van der Waals surface area contributed by atoms with E-state index in [-0.39, 0.29) is 0 Å². The molecular weight excluding hydrogens is 320 g/mol. The van der Waals surface area contributed by atoms with Crippen molar-refractivity contribution >= 4 is 26.7 Å². The van der Waals surface area contributed by atoms with Gasteiger partial charge < -0.3 is 14.2 Å². The number of rotatable bonds is 5. The van der Waals surface area contributed by atoms with E-state index in [1.54, 1.807) is 18.4 Å². The number of hydrogen-bond acceptors (Lipinski definition) is 5. The van der Waals surface area contributed by atoms with Crippen LogP contribution in [0.1, 0.15) is 18.3 Å². The van der Waals surface area contributed by atoms with E-state index in [1.807, 2.05) is 12.3 Å². The highest BCUT2D eigenvalue weighted by Gasteiger charge is 2.30. The molecule has 1 aromatic carbocycles. The molecule has 0 amide bonds. The van der Waals surface area contributed by atoms with Crippen molar-refractivity contribution in [1.82, 2.24) is 14.5 Å². The zero-order valence-corrected chi connectivity index (χ0v) is 15.1. The summed E-state index contributed by atoms with van der Waals surface area (Å²) in [4.78, 5) is 11.6. The highest BCUT2D eigenvalue weighted by atomic mass is 32.1. The van der Waals surface area contributed by atoms with Gasteiger partial charge in [-0.3, -0.25) is 0 Å². The summed E-state index contributed by atoms with van der Waals surface area (Å²) in [5, 5.41) is 1.11. The molecule has 0 saturated carbocycles. The van der Waals surface area contributed by atoms with Crippen molar-refractivity contribution in [2.24, 2.45) is 5.92 Å². The van der Waals surface area contributed by atoms with Crippen LogP contribution < -0.4 is 9.64 Å². The highest BCUT2D eigenvalue weighted by molar-refractivity contribution is 7.22.